The Morgan fingerprint density at radius 2 is 1.70 bits per heavy atom. The average molecular weight is 301 g/mol. The molecule has 0 aliphatic heterocycles. The summed E-state index contributed by atoms with van der Waals surface area (Å²) in [5, 5.41) is 1.95. The lowest BCUT2D eigenvalue weighted by Crippen LogP contribution is -2.05. The molecule has 2 aromatic carbocycles. The van der Waals surface area contributed by atoms with Crippen LogP contribution in [0, 0.1) is 0 Å². The van der Waals surface area contributed by atoms with Crippen molar-refractivity contribution in [3.8, 4) is 5.75 Å². The topological polar surface area (TPSA) is 30.7 Å². The largest absolute Gasteiger partial charge is 0.497 e. The van der Waals surface area contributed by atoms with Crippen LogP contribution in [0.15, 0.2) is 72.9 Å². The first-order valence-corrected chi connectivity index (χ1v) is 7.46. The highest BCUT2D eigenvalue weighted by Gasteiger charge is 2.19. The summed E-state index contributed by atoms with van der Waals surface area (Å²) in [5.41, 5.74) is 2.37. The number of methoxy groups -OCH3 is 1. The third-order valence-corrected chi connectivity index (χ3v) is 4.11. The molecule has 0 bridgehead atoms. The number of pyridine rings is 1. The molecule has 23 heavy (non-hydrogen) atoms. The van der Waals surface area contributed by atoms with Crippen LogP contribution in [0.4, 0.5) is 0 Å². The molecule has 0 fully saturated rings. The van der Waals surface area contributed by atoms with Gasteiger partial charge in [-0.1, -0.05) is 36.4 Å². The minimum absolute atomic E-state index is 0.00931. The molecule has 4 rings (SSSR count). The van der Waals surface area contributed by atoms with Gasteiger partial charge in [-0.3, -0.25) is 4.79 Å². The van der Waals surface area contributed by atoms with Gasteiger partial charge in [0.1, 0.15) is 11.4 Å². The number of carbonyl (C=O) groups excluding carboxylic acids is 1. The van der Waals surface area contributed by atoms with Gasteiger partial charge in [0.2, 0.25) is 5.78 Å². The molecule has 2 aromatic heterocycles. The Kier molecular flexibility index (Phi) is 3.12. The SMILES string of the molecule is COc1ccc2c(c1)c(C(=O)c1ccccc1)n1ccccc21. The van der Waals surface area contributed by atoms with E-state index in [1.165, 1.54) is 0 Å². The Bertz CT molecular complexity index is 1020. The molecule has 0 radical (unpaired) electrons. The number of rotatable bonds is 3. The van der Waals surface area contributed by atoms with Crippen LogP contribution in [0.25, 0.3) is 16.3 Å². The molecular formula is C20H15NO2. The standard InChI is InChI=1S/C20H15NO2/c1-23-15-10-11-16-17(13-15)19(21-12-6-5-9-18(16)21)20(22)14-7-3-2-4-8-14/h2-13H,1H3. The van der Waals surface area contributed by atoms with Gasteiger partial charge in [-0.25, -0.2) is 0 Å². The minimum atomic E-state index is 0.00931. The van der Waals surface area contributed by atoms with E-state index in [9.17, 15) is 4.79 Å². The molecule has 0 amide bonds. The lowest BCUT2D eigenvalue weighted by Gasteiger charge is -2.04. The van der Waals surface area contributed by atoms with Gasteiger partial charge in [0.15, 0.2) is 0 Å². The van der Waals surface area contributed by atoms with Crippen molar-refractivity contribution in [2.24, 2.45) is 0 Å². The summed E-state index contributed by atoms with van der Waals surface area (Å²) in [6.45, 7) is 0. The zero-order valence-corrected chi connectivity index (χ0v) is 12.7. The quantitative estimate of drug-likeness (QED) is 0.527. The van der Waals surface area contributed by atoms with Gasteiger partial charge in [-0.05, 0) is 30.3 Å². The fourth-order valence-electron chi connectivity index (χ4n) is 3.01. The Morgan fingerprint density at radius 3 is 2.48 bits per heavy atom. The molecule has 4 aromatic rings. The fourth-order valence-corrected chi connectivity index (χ4v) is 3.01. The monoisotopic (exact) mass is 301 g/mol. The van der Waals surface area contributed by atoms with Crippen molar-refractivity contribution in [1.29, 1.82) is 0 Å². The zero-order chi connectivity index (χ0) is 15.8. The number of nitrogens with zero attached hydrogens (tertiary/aromatic N) is 1. The Balaban J connectivity index is 2.08. The van der Waals surface area contributed by atoms with Crippen molar-refractivity contribution in [2.45, 2.75) is 0 Å². The number of ether oxygens (including phenoxy) is 1. The van der Waals surface area contributed by atoms with Crippen LogP contribution in [-0.4, -0.2) is 17.3 Å². The molecule has 2 heterocycles. The normalized spacial score (nSPS) is 11.0. The van der Waals surface area contributed by atoms with Crippen LogP contribution in [0.2, 0.25) is 0 Å². The number of benzene rings is 2. The van der Waals surface area contributed by atoms with E-state index < -0.39 is 0 Å². The first-order valence-electron chi connectivity index (χ1n) is 7.46. The predicted octanol–water partition coefficient (Wildman–Crippen LogP) is 4.33. The van der Waals surface area contributed by atoms with Gasteiger partial charge in [-0.2, -0.15) is 0 Å². The highest BCUT2D eigenvalue weighted by molar-refractivity contribution is 6.19. The molecule has 0 aliphatic rings. The van der Waals surface area contributed by atoms with Crippen LogP contribution in [-0.2, 0) is 0 Å². The van der Waals surface area contributed by atoms with Crippen molar-refractivity contribution < 1.29 is 9.53 Å². The van der Waals surface area contributed by atoms with E-state index in [4.69, 9.17) is 4.74 Å². The van der Waals surface area contributed by atoms with Crippen molar-refractivity contribution >= 4 is 22.1 Å². The summed E-state index contributed by atoms with van der Waals surface area (Å²) in [4.78, 5) is 13.1. The lowest BCUT2D eigenvalue weighted by atomic mass is 10.0. The third kappa shape index (κ3) is 2.09. The molecule has 0 atom stereocenters. The van der Waals surface area contributed by atoms with Gasteiger partial charge in [0, 0.05) is 22.5 Å². The molecule has 0 spiro atoms. The zero-order valence-electron chi connectivity index (χ0n) is 12.7. The van der Waals surface area contributed by atoms with Crippen molar-refractivity contribution in [1.82, 2.24) is 4.40 Å². The molecule has 0 unspecified atom stereocenters. The van der Waals surface area contributed by atoms with Crippen molar-refractivity contribution in [3.63, 3.8) is 0 Å². The maximum absolute atomic E-state index is 13.1. The van der Waals surface area contributed by atoms with Crippen LogP contribution in [0.3, 0.4) is 0 Å². The summed E-state index contributed by atoms with van der Waals surface area (Å²) in [7, 11) is 1.63. The van der Waals surface area contributed by atoms with Gasteiger partial charge >= 0.3 is 0 Å². The first kappa shape index (κ1) is 13.6. The molecule has 3 heteroatoms. The van der Waals surface area contributed by atoms with Crippen LogP contribution >= 0.6 is 0 Å². The van der Waals surface area contributed by atoms with E-state index in [0.29, 0.717) is 11.3 Å². The summed E-state index contributed by atoms with van der Waals surface area (Å²) < 4.78 is 7.30. The second-order valence-electron chi connectivity index (χ2n) is 5.41. The molecule has 3 nitrogen and oxygen atoms in total. The lowest BCUT2D eigenvalue weighted by molar-refractivity contribution is 0.103. The Hall–Kier alpha value is -3.07. The molecule has 0 saturated heterocycles. The predicted molar refractivity (Wildman–Crippen MR) is 91.3 cm³/mol. The number of fused-ring (bicyclic) bond motifs is 3. The van der Waals surface area contributed by atoms with E-state index in [0.717, 1.165) is 22.0 Å². The van der Waals surface area contributed by atoms with Gasteiger partial charge in [0.05, 0.1) is 12.6 Å². The Morgan fingerprint density at radius 1 is 0.913 bits per heavy atom. The van der Waals surface area contributed by atoms with E-state index >= 15 is 0 Å². The van der Waals surface area contributed by atoms with E-state index in [-0.39, 0.29) is 5.78 Å². The maximum Gasteiger partial charge on any atom is 0.210 e. The third-order valence-electron chi connectivity index (χ3n) is 4.11. The number of aromatic nitrogens is 1. The highest BCUT2D eigenvalue weighted by atomic mass is 16.5. The molecular weight excluding hydrogens is 286 g/mol. The van der Waals surface area contributed by atoms with Crippen molar-refractivity contribution in [3.05, 3.63) is 84.2 Å². The smallest absolute Gasteiger partial charge is 0.210 e. The second kappa shape index (κ2) is 5.29. The number of carbonyl (C=O) groups is 1. The average Bonchev–Trinajstić information content (AvgIpc) is 2.95. The molecule has 112 valence electrons. The maximum atomic E-state index is 13.1. The Labute approximate surface area is 133 Å². The van der Waals surface area contributed by atoms with E-state index in [1.54, 1.807) is 7.11 Å². The van der Waals surface area contributed by atoms with Gasteiger partial charge in [0.25, 0.3) is 0 Å². The first-order chi connectivity index (χ1) is 11.3. The second-order valence-corrected chi connectivity index (χ2v) is 5.41. The molecule has 0 aliphatic carbocycles. The highest BCUT2D eigenvalue weighted by Crippen LogP contribution is 2.31. The number of hydrogen-bond acceptors (Lipinski definition) is 2. The van der Waals surface area contributed by atoms with Gasteiger partial charge in [-0.15, -0.1) is 0 Å². The van der Waals surface area contributed by atoms with Gasteiger partial charge < -0.3 is 9.14 Å². The van der Waals surface area contributed by atoms with Crippen LogP contribution in [0.1, 0.15) is 16.1 Å². The molecule has 0 N–H and O–H groups in total. The number of ketones is 1. The van der Waals surface area contributed by atoms with Crippen molar-refractivity contribution in [2.75, 3.05) is 7.11 Å². The fraction of sp³-hybridized carbons (Fsp3) is 0.0500. The summed E-state index contributed by atoms with van der Waals surface area (Å²) in [5.74, 6) is 0.755. The minimum Gasteiger partial charge on any atom is -0.497 e. The summed E-state index contributed by atoms with van der Waals surface area (Å²) in [6.07, 6.45) is 1.93. The summed E-state index contributed by atoms with van der Waals surface area (Å²) in [6, 6.07) is 21.2. The van der Waals surface area contributed by atoms with E-state index in [2.05, 4.69) is 0 Å². The molecule has 0 saturated carbocycles. The number of hydrogen-bond donors (Lipinski definition) is 0. The van der Waals surface area contributed by atoms with Crippen LogP contribution < -0.4 is 4.74 Å². The van der Waals surface area contributed by atoms with Crippen LogP contribution in [0.5, 0.6) is 5.75 Å². The van der Waals surface area contributed by atoms with E-state index in [1.807, 2.05) is 77.3 Å². The summed E-state index contributed by atoms with van der Waals surface area (Å²) >= 11 is 0.